The van der Waals surface area contributed by atoms with Crippen molar-refractivity contribution in [3.8, 4) is 0 Å². The molecule has 0 heterocycles. The summed E-state index contributed by atoms with van der Waals surface area (Å²) >= 11 is 0. The van der Waals surface area contributed by atoms with Crippen LogP contribution in [0.3, 0.4) is 0 Å². The van der Waals surface area contributed by atoms with Crippen molar-refractivity contribution in [1.29, 1.82) is 0 Å². The molecule has 0 saturated heterocycles. The SMILES string of the molecule is CCCC(C)CC(CC)(CN)C(=O)O. The molecule has 0 aliphatic carbocycles. The second-order valence-electron chi connectivity index (χ2n) is 4.24. The molecule has 0 aromatic rings. The van der Waals surface area contributed by atoms with Gasteiger partial charge >= 0.3 is 5.97 Å². The maximum atomic E-state index is 11.1. The molecule has 0 radical (unpaired) electrons. The zero-order valence-corrected chi connectivity index (χ0v) is 9.55. The topological polar surface area (TPSA) is 63.3 Å². The van der Waals surface area contributed by atoms with Crippen LogP contribution in [0, 0.1) is 11.3 Å². The first-order valence-electron chi connectivity index (χ1n) is 5.45. The molecule has 0 aliphatic rings. The largest absolute Gasteiger partial charge is 0.481 e. The van der Waals surface area contributed by atoms with Crippen molar-refractivity contribution in [2.45, 2.75) is 46.5 Å². The maximum Gasteiger partial charge on any atom is 0.310 e. The van der Waals surface area contributed by atoms with Crippen molar-refractivity contribution in [1.82, 2.24) is 0 Å². The fourth-order valence-corrected chi connectivity index (χ4v) is 1.96. The number of hydrogen-bond donors (Lipinski definition) is 2. The second-order valence-corrected chi connectivity index (χ2v) is 4.24. The van der Waals surface area contributed by atoms with E-state index in [0.717, 1.165) is 12.8 Å². The Morgan fingerprint density at radius 2 is 2.07 bits per heavy atom. The van der Waals surface area contributed by atoms with Gasteiger partial charge in [0.05, 0.1) is 5.41 Å². The van der Waals surface area contributed by atoms with E-state index in [9.17, 15) is 4.79 Å². The van der Waals surface area contributed by atoms with Crippen LogP contribution >= 0.6 is 0 Å². The van der Waals surface area contributed by atoms with Gasteiger partial charge in [-0.3, -0.25) is 4.79 Å². The van der Waals surface area contributed by atoms with Gasteiger partial charge in [-0.2, -0.15) is 0 Å². The molecule has 3 heteroatoms. The lowest BCUT2D eigenvalue weighted by molar-refractivity contribution is -0.149. The van der Waals surface area contributed by atoms with Crippen molar-refractivity contribution in [2.24, 2.45) is 17.1 Å². The summed E-state index contributed by atoms with van der Waals surface area (Å²) in [4.78, 5) is 11.1. The van der Waals surface area contributed by atoms with E-state index in [1.807, 2.05) is 6.92 Å². The Balaban J connectivity index is 4.42. The van der Waals surface area contributed by atoms with Crippen molar-refractivity contribution in [3.05, 3.63) is 0 Å². The number of carboxylic acid groups (broad SMARTS) is 1. The third-order valence-corrected chi connectivity index (χ3v) is 3.04. The average molecular weight is 201 g/mol. The Morgan fingerprint density at radius 1 is 1.50 bits per heavy atom. The first-order chi connectivity index (χ1) is 6.52. The molecule has 0 rings (SSSR count). The molecule has 0 bridgehead atoms. The van der Waals surface area contributed by atoms with Crippen LogP contribution in [0.1, 0.15) is 46.5 Å². The third-order valence-electron chi connectivity index (χ3n) is 3.04. The average Bonchev–Trinajstić information content (AvgIpc) is 2.14. The molecule has 0 aliphatic heterocycles. The summed E-state index contributed by atoms with van der Waals surface area (Å²) in [5.74, 6) is -0.301. The fraction of sp³-hybridized carbons (Fsp3) is 0.909. The van der Waals surface area contributed by atoms with Gasteiger partial charge in [0.25, 0.3) is 0 Å². The molecule has 0 aromatic carbocycles. The van der Waals surface area contributed by atoms with Crippen molar-refractivity contribution in [3.63, 3.8) is 0 Å². The standard InChI is InChI=1S/C11H23NO2/c1-4-6-9(3)7-11(5-2,8-12)10(13)14/h9H,4-8,12H2,1-3H3,(H,13,14). The minimum absolute atomic E-state index is 0.243. The molecule has 0 saturated carbocycles. The van der Waals surface area contributed by atoms with Crippen LogP contribution in [0.2, 0.25) is 0 Å². The Kier molecular flexibility index (Phi) is 5.77. The first-order valence-corrected chi connectivity index (χ1v) is 5.45. The molecule has 0 fully saturated rings. The van der Waals surface area contributed by atoms with Crippen molar-refractivity contribution in [2.75, 3.05) is 6.54 Å². The van der Waals surface area contributed by atoms with Crippen molar-refractivity contribution >= 4 is 5.97 Å². The molecule has 0 spiro atoms. The Hall–Kier alpha value is -0.570. The van der Waals surface area contributed by atoms with Crippen LogP contribution in [0.25, 0.3) is 0 Å². The van der Waals surface area contributed by atoms with E-state index in [1.165, 1.54) is 0 Å². The third kappa shape index (κ3) is 3.29. The lowest BCUT2D eigenvalue weighted by atomic mass is 9.76. The van der Waals surface area contributed by atoms with Crippen LogP contribution in [-0.4, -0.2) is 17.6 Å². The maximum absolute atomic E-state index is 11.1. The molecule has 0 aromatic heterocycles. The molecule has 3 N–H and O–H groups in total. The predicted octanol–water partition coefficient (Wildman–Crippen LogP) is 2.25. The van der Waals surface area contributed by atoms with Gasteiger partial charge in [0.2, 0.25) is 0 Å². The van der Waals surface area contributed by atoms with Gasteiger partial charge in [0.15, 0.2) is 0 Å². The minimum atomic E-state index is -0.745. The lowest BCUT2D eigenvalue weighted by Gasteiger charge is -2.29. The van der Waals surface area contributed by atoms with Gasteiger partial charge in [-0.1, -0.05) is 33.6 Å². The summed E-state index contributed by atoms with van der Waals surface area (Å²) in [7, 11) is 0. The monoisotopic (exact) mass is 201 g/mol. The van der Waals surface area contributed by atoms with E-state index >= 15 is 0 Å². The van der Waals surface area contributed by atoms with Gasteiger partial charge in [0, 0.05) is 6.54 Å². The Morgan fingerprint density at radius 3 is 2.36 bits per heavy atom. The molecule has 14 heavy (non-hydrogen) atoms. The number of carbonyl (C=O) groups is 1. The highest BCUT2D eigenvalue weighted by Gasteiger charge is 2.36. The van der Waals surface area contributed by atoms with Crippen LogP contribution in [-0.2, 0) is 4.79 Å². The Labute approximate surface area is 86.7 Å². The highest BCUT2D eigenvalue weighted by atomic mass is 16.4. The second kappa shape index (κ2) is 6.02. The van der Waals surface area contributed by atoms with Crippen LogP contribution in [0.5, 0.6) is 0 Å². The predicted molar refractivity (Wildman–Crippen MR) is 58.1 cm³/mol. The molecular weight excluding hydrogens is 178 g/mol. The van der Waals surface area contributed by atoms with E-state index in [-0.39, 0.29) is 6.54 Å². The fourth-order valence-electron chi connectivity index (χ4n) is 1.96. The Bertz CT molecular complexity index is 176. The van der Waals surface area contributed by atoms with Gasteiger partial charge in [-0.25, -0.2) is 0 Å². The summed E-state index contributed by atoms with van der Waals surface area (Å²) in [6.45, 7) is 6.37. The summed E-state index contributed by atoms with van der Waals surface area (Å²) in [5, 5.41) is 9.16. The number of nitrogens with two attached hydrogens (primary N) is 1. The van der Waals surface area contributed by atoms with Gasteiger partial charge in [-0.05, 0) is 18.8 Å². The molecule has 0 amide bonds. The highest BCUT2D eigenvalue weighted by Crippen LogP contribution is 2.31. The quantitative estimate of drug-likeness (QED) is 0.664. The summed E-state index contributed by atoms with van der Waals surface area (Å²) in [6.07, 6.45) is 3.50. The van der Waals surface area contributed by atoms with E-state index in [1.54, 1.807) is 0 Å². The minimum Gasteiger partial charge on any atom is -0.481 e. The molecule has 84 valence electrons. The summed E-state index contributed by atoms with van der Waals surface area (Å²) in [6, 6.07) is 0. The first kappa shape index (κ1) is 13.4. The van der Waals surface area contributed by atoms with Gasteiger partial charge in [0.1, 0.15) is 0 Å². The highest BCUT2D eigenvalue weighted by molar-refractivity contribution is 5.74. The number of hydrogen-bond acceptors (Lipinski definition) is 2. The van der Waals surface area contributed by atoms with Gasteiger partial charge in [-0.15, -0.1) is 0 Å². The smallest absolute Gasteiger partial charge is 0.310 e. The molecule has 3 nitrogen and oxygen atoms in total. The molecule has 2 atom stereocenters. The molecule has 2 unspecified atom stereocenters. The van der Waals surface area contributed by atoms with Crippen molar-refractivity contribution < 1.29 is 9.90 Å². The number of rotatable bonds is 7. The van der Waals surface area contributed by atoms with Gasteiger partial charge < -0.3 is 10.8 Å². The number of aliphatic carboxylic acids is 1. The zero-order chi connectivity index (χ0) is 11.2. The van der Waals surface area contributed by atoms with Crippen LogP contribution < -0.4 is 5.73 Å². The normalized spacial score (nSPS) is 17.4. The van der Waals surface area contributed by atoms with E-state index < -0.39 is 11.4 Å². The zero-order valence-electron chi connectivity index (χ0n) is 9.55. The van der Waals surface area contributed by atoms with E-state index in [2.05, 4.69) is 13.8 Å². The van der Waals surface area contributed by atoms with E-state index in [0.29, 0.717) is 18.8 Å². The van der Waals surface area contributed by atoms with Crippen LogP contribution in [0.4, 0.5) is 0 Å². The summed E-state index contributed by atoms with van der Waals surface area (Å²) < 4.78 is 0. The van der Waals surface area contributed by atoms with Crippen LogP contribution in [0.15, 0.2) is 0 Å². The van der Waals surface area contributed by atoms with E-state index in [4.69, 9.17) is 10.8 Å². The number of carboxylic acids is 1. The summed E-state index contributed by atoms with van der Waals surface area (Å²) in [5.41, 5.74) is 4.88. The lowest BCUT2D eigenvalue weighted by Crippen LogP contribution is -2.39. The molecular formula is C11H23NO2.